The molecule has 0 radical (unpaired) electrons. The van der Waals surface area contributed by atoms with Crippen molar-refractivity contribution >= 4 is 33.3 Å². The number of fused-ring (bicyclic) bond motifs is 3. The quantitative estimate of drug-likeness (QED) is 0.289. The molecule has 10 rings (SSSR count). The monoisotopic (exact) mass is 613 g/mol. The summed E-state index contributed by atoms with van der Waals surface area (Å²) >= 11 is 1.60. The maximum atomic E-state index is 14.9. The lowest BCUT2D eigenvalue weighted by molar-refractivity contribution is -0.164. The minimum Gasteiger partial charge on any atom is -0.440 e. The number of amides is 1. The van der Waals surface area contributed by atoms with Crippen LogP contribution in [-0.4, -0.2) is 59.4 Å². The van der Waals surface area contributed by atoms with Crippen molar-refractivity contribution in [3.63, 3.8) is 0 Å². The number of Topliss-reactive ketones (excluding diaryl/α,β-unsaturated/α-hetero) is 1. The summed E-state index contributed by atoms with van der Waals surface area (Å²) in [6, 6.07) is 10.3. The summed E-state index contributed by atoms with van der Waals surface area (Å²) in [5, 5.41) is 12.1. The Bertz CT molecular complexity index is 1610. The molecule has 2 aliphatic heterocycles. The zero-order chi connectivity index (χ0) is 30.1. The third-order valence-corrected chi connectivity index (χ3v) is 15.1. The molecule has 1 amide bonds. The summed E-state index contributed by atoms with van der Waals surface area (Å²) in [4.78, 5) is 31.1. The van der Waals surface area contributed by atoms with E-state index in [0.717, 1.165) is 78.5 Å². The molecule has 232 valence electrons. The summed E-state index contributed by atoms with van der Waals surface area (Å²) < 4.78 is 13.6. The van der Waals surface area contributed by atoms with Crippen LogP contribution in [0.5, 0.6) is 0 Å². The molecule has 3 spiro atoms. The van der Waals surface area contributed by atoms with Gasteiger partial charge < -0.3 is 19.5 Å². The van der Waals surface area contributed by atoms with Gasteiger partial charge in [-0.3, -0.25) is 4.79 Å². The topological polar surface area (TPSA) is 76.1 Å². The fraction of sp³-hybridized carbons (Fsp3) is 0.622. The molecule has 6 nitrogen and oxygen atoms in total. The van der Waals surface area contributed by atoms with E-state index in [9.17, 15) is 14.7 Å². The summed E-state index contributed by atoms with van der Waals surface area (Å²) in [6.45, 7) is 6.81. The Kier molecular flexibility index (Phi) is 5.73. The van der Waals surface area contributed by atoms with Gasteiger partial charge in [-0.2, -0.15) is 0 Å². The summed E-state index contributed by atoms with van der Waals surface area (Å²) in [5.74, 6) is 0.641. The number of nitrogens with zero attached hydrogens (tertiary/aromatic N) is 1. The van der Waals surface area contributed by atoms with E-state index in [1.165, 1.54) is 0 Å². The van der Waals surface area contributed by atoms with Crippen molar-refractivity contribution in [3.8, 4) is 0 Å². The standard InChI is InChI=1S/C37H43NO5S/c1-33-12-9-24(39)19-35(33)15-16-37(26(20-35)31(40)28-18-23-6-3-4-8-27(23)44-28)29(33)10-13-34(2)30(37)11-14-36(34)22-38(32(41)43-36)21-25-7-5-17-42-25/h3-4,6,8,15-16,18,20,24-25,29-30,39H,5,7,9-14,17,19,21-22H2,1-2H3. The van der Waals surface area contributed by atoms with E-state index in [0.29, 0.717) is 25.4 Å². The minimum atomic E-state index is -0.553. The van der Waals surface area contributed by atoms with Crippen molar-refractivity contribution < 1.29 is 24.2 Å². The SMILES string of the molecule is CC12CCC(O)CC13C=CC1(C(C(=O)c4cc5ccccc5s4)=C3)C2CCC2(C)C1CCC21CN(CC2CCCO2)C(=O)O1. The maximum Gasteiger partial charge on any atom is 0.410 e. The van der Waals surface area contributed by atoms with Crippen LogP contribution in [0.2, 0.25) is 0 Å². The second kappa shape index (κ2) is 9.07. The molecule has 3 heterocycles. The summed E-state index contributed by atoms with van der Waals surface area (Å²) in [5.41, 5.74) is -0.632. The van der Waals surface area contributed by atoms with Crippen LogP contribution >= 0.6 is 11.3 Å². The molecular weight excluding hydrogens is 570 g/mol. The molecule has 2 saturated heterocycles. The van der Waals surface area contributed by atoms with E-state index in [-0.39, 0.29) is 46.2 Å². The number of aliphatic hydroxyl groups is 1. The first-order chi connectivity index (χ1) is 21.1. The number of carbonyl (C=O) groups excluding carboxylic acids is 2. The van der Waals surface area contributed by atoms with Gasteiger partial charge in [0.1, 0.15) is 5.60 Å². The number of ketones is 1. The predicted molar refractivity (Wildman–Crippen MR) is 170 cm³/mol. The highest BCUT2D eigenvalue weighted by Gasteiger charge is 2.76. The summed E-state index contributed by atoms with van der Waals surface area (Å²) in [6.07, 6.45) is 14.9. The molecule has 2 bridgehead atoms. The van der Waals surface area contributed by atoms with Crippen LogP contribution in [0.3, 0.4) is 0 Å². The highest BCUT2D eigenvalue weighted by atomic mass is 32.1. The van der Waals surface area contributed by atoms with E-state index >= 15 is 0 Å². The third-order valence-electron chi connectivity index (χ3n) is 14.0. The minimum absolute atomic E-state index is 0.0276. The first-order valence-electron chi connectivity index (χ1n) is 16.9. The number of thiophene rings is 1. The number of carbonyl (C=O) groups is 2. The molecule has 9 atom stereocenters. The number of aliphatic hydroxyl groups excluding tert-OH is 1. The Hall–Kier alpha value is -2.48. The molecule has 6 aliphatic carbocycles. The van der Waals surface area contributed by atoms with Gasteiger partial charge in [-0.1, -0.05) is 50.3 Å². The Morgan fingerprint density at radius 3 is 2.66 bits per heavy atom. The summed E-state index contributed by atoms with van der Waals surface area (Å²) in [7, 11) is 0. The van der Waals surface area contributed by atoms with Gasteiger partial charge in [-0.05, 0) is 92.6 Å². The number of allylic oxidation sites excluding steroid dienone is 4. The van der Waals surface area contributed by atoms with Gasteiger partial charge in [0.15, 0.2) is 5.78 Å². The molecule has 7 heteroatoms. The first kappa shape index (κ1) is 27.8. The van der Waals surface area contributed by atoms with E-state index in [1.54, 1.807) is 11.3 Å². The molecule has 8 aliphatic rings. The molecule has 1 aromatic carbocycles. The normalized spacial score (nSPS) is 45.4. The lowest BCUT2D eigenvalue weighted by Gasteiger charge is -2.71. The fourth-order valence-electron chi connectivity index (χ4n) is 11.8. The van der Waals surface area contributed by atoms with Crippen LogP contribution in [0.4, 0.5) is 4.79 Å². The largest absolute Gasteiger partial charge is 0.440 e. The zero-order valence-electron chi connectivity index (χ0n) is 25.8. The van der Waals surface area contributed by atoms with Crippen molar-refractivity contribution in [1.82, 2.24) is 4.90 Å². The van der Waals surface area contributed by atoms with Crippen molar-refractivity contribution in [2.75, 3.05) is 19.7 Å². The van der Waals surface area contributed by atoms with E-state index in [2.05, 4.69) is 50.3 Å². The molecule has 2 aromatic rings. The number of ether oxygens (including phenoxy) is 2. The average Bonchev–Trinajstić information content (AvgIpc) is 3.80. The number of rotatable bonds is 4. The number of hydrogen-bond donors (Lipinski definition) is 1. The third kappa shape index (κ3) is 3.34. The van der Waals surface area contributed by atoms with Crippen molar-refractivity contribution in [2.24, 2.45) is 33.5 Å². The predicted octanol–water partition coefficient (Wildman–Crippen LogP) is 7.31. The van der Waals surface area contributed by atoms with E-state index < -0.39 is 11.0 Å². The van der Waals surface area contributed by atoms with Crippen molar-refractivity contribution in [1.29, 1.82) is 0 Å². The van der Waals surface area contributed by atoms with Gasteiger partial charge in [0, 0.05) is 33.1 Å². The molecule has 1 N–H and O–H groups in total. The van der Waals surface area contributed by atoms with Crippen LogP contribution < -0.4 is 0 Å². The molecule has 3 saturated carbocycles. The number of hydrogen-bond acceptors (Lipinski definition) is 6. The van der Waals surface area contributed by atoms with Gasteiger partial charge in [-0.25, -0.2) is 4.79 Å². The lowest BCUT2D eigenvalue weighted by atomic mass is 9.32. The second-order valence-electron chi connectivity index (χ2n) is 15.6. The van der Waals surface area contributed by atoms with Crippen LogP contribution in [0, 0.1) is 33.5 Å². The van der Waals surface area contributed by atoms with Crippen LogP contribution in [0.1, 0.15) is 81.3 Å². The van der Waals surface area contributed by atoms with Crippen LogP contribution in [-0.2, 0) is 9.47 Å². The lowest BCUT2D eigenvalue weighted by Crippen LogP contribution is -2.67. The van der Waals surface area contributed by atoms with Gasteiger partial charge in [0.2, 0.25) is 0 Å². The maximum absolute atomic E-state index is 14.9. The van der Waals surface area contributed by atoms with Gasteiger partial charge in [0.25, 0.3) is 0 Å². The van der Waals surface area contributed by atoms with E-state index in [4.69, 9.17) is 9.47 Å². The molecular formula is C37H43NO5S. The Labute approximate surface area is 263 Å². The highest BCUT2D eigenvalue weighted by Crippen LogP contribution is 2.79. The highest BCUT2D eigenvalue weighted by molar-refractivity contribution is 7.21. The second-order valence-corrected chi connectivity index (χ2v) is 16.7. The Balaban J connectivity index is 1.16. The first-order valence-corrected chi connectivity index (χ1v) is 17.7. The van der Waals surface area contributed by atoms with Crippen LogP contribution in [0.25, 0.3) is 10.1 Å². The van der Waals surface area contributed by atoms with Crippen molar-refractivity contribution in [2.45, 2.75) is 89.4 Å². The van der Waals surface area contributed by atoms with Crippen LogP contribution in [0.15, 0.2) is 54.1 Å². The van der Waals surface area contributed by atoms with Gasteiger partial charge in [0.05, 0.1) is 30.2 Å². The van der Waals surface area contributed by atoms with E-state index in [1.807, 2.05) is 17.0 Å². The average molecular weight is 614 g/mol. The molecule has 9 unspecified atom stereocenters. The zero-order valence-corrected chi connectivity index (χ0v) is 26.7. The Morgan fingerprint density at radius 1 is 1.05 bits per heavy atom. The molecule has 44 heavy (non-hydrogen) atoms. The molecule has 5 fully saturated rings. The van der Waals surface area contributed by atoms with Gasteiger partial charge >= 0.3 is 6.09 Å². The number of benzene rings is 1. The smallest absolute Gasteiger partial charge is 0.410 e. The fourth-order valence-corrected chi connectivity index (χ4v) is 12.8. The van der Waals surface area contributed by atoms with Gasteiger partial charge in [-0.15, -0.1) is 11.3 Å². The Morgan fingerprint density at radius 2 is 1.84 bits per heavy atom. The molecule has 1 aromatic heterocycles. The van der Waals surface area contributed by atoms with Crippen molar-refractivity contribution in [3.05, 3.63) is 59.0 Å².